The number of ether oxygens (including phenoxy) is 1. The third-order valence-corrected chi connectivity index (χ3v) is 2.39. The van der Waals surface area contributed by atoms with E-state index in [1.165, 1.54) is 11.6 Å². The van der Waals surface area contributed by atoms with Gasteiger partial charge in [-0.2, -0.15) is 0 Å². The molecule has 0 fully saturated rings. The van der Waals surface area contributed by atoms with Gasteiger partial charge in [0.2, 0.25) is 0 Å². The summed E-state index contributed by atoms with van der Waals surface area (Å²) in [7, 11) is 0. The maximum absolute atomic E-state index is 11.2. The fourth-order valence-electron chi connectivity index (χ4n) is 1.52. The van der Waals surface area contributed by atoms with Crippen molar-refractivity contribution >= 4 is 5.97 Å². The van der Waals surface area contributed by atoms with Crippen molar-refractivity contribution in [3.05, 3.63) is 42.0 Å². The molecule has 16 heavy (non-hydrogen) atoms. The number of unbranched alkanes of at least 4 members (excludes halogenated alkanes) is 1. The van der Waals surface area contributed by atoms with Crippen molar-refractivity contribution in [2.45, 2.75) is 33.1 Å². The molecule has 0 heterocycles. The lowest BCUT2D eigenvalue weighted by atomic mass is 10.0. The predicted octanol–water partition coefficient (Wildman–Crippen LogP) is 3.43. The highest BCUT2D eigenvalue weighted by molar-refractivity contribution is 5.83. The van der Waals surface area contributed by atoms with Crippen LogP contribution in [0.2, 0.25) is 0 Å². The summed E-state index contributed by atoms with van der Waals surface area (Å²) in [5.41, 5.74) is 2.28. The standard InChI is InChI=1S/C14H18O2/c1-4-6-7-12-10-11(3)8-9-13(12)16-14(15)5-2/h5,8-10H,2,4,6-7H2,1,3H3. The quantitative estimate of drug-likeness (QED) is 0.430. The smallest absolute Gasteiger partial charge is 0.335 e. The summed E-state index contributed by atoms with van der Waals surface area (Å²) in [6.07, 6.45) is 4.35. The van der Waals surface area contributed by atoms with E-state index in [-0.39, 0.29) is 0 Å². The highest BCUT2D eigenvalue weighted by Gasteiger charge is 2.06. The van der Waals surface area contributed by atoms with Gasteiger partial charge >= 0.3 is 5.97 Å². The third kappa shape index (κ3) is 3.54. The molecule has 0 bridgehead atoms. The van der Waals surface area contributed by atoms with Crippen molar-refractivity contribution in [2.24, 2.45) is 0 Å². The average Bonchev–Trinajstić information content (AvgIpc) is 2.29. The van der Waals surface area contributed by atoms with Crippen LogP contribution in [0.25, 0.3) is 0 Å². The molecule has 1 aromatic carbocycles. The molecule has 0 spiro atoms. The molecule has 0 aliphatic rings. The van der Waals surface area contributed by atoms with Gasteiger partial charge in [-0.25, -0.2) is 4.79 Å². The first-order valence-corrected chi connectivity index (χ1v) is 5.61. The van der Waals surface area contributed by atoms with Crippen LogP contribution >= 0.6 is 0 Å². The van der Waals surface area contributed by atoms with E-state index in [4.69, 9.17) is 4.74 Å². The van der Waals surface area contributed by atoms with E-state index in [9.17, 15) is 4.79 Å². The van der Waals surface area contributed by atoms with Gasteiger partial charge in [-0.05, 0) is 31.4 Å². The zero-order chi connectivity index (χ0) is 12.0. The molecule has 1 rings (SSSR count). The third-order valence-electron chi connectivity index (χ3n) is 2.39. The second kappa shape index (κ2) is 6.11. The Balaban J connectivity index is 2.88. The van der Waals surface area contributed by atoms with Crippen molar-refractivity contribution < 1.29 is 9.53 Å². The Hall–Kier alpha value is -1.57. The minimum atomic E-state index is -0.401. The molecule has 1 aromatic rings. The number of carbonyl (C=O) groups is 1. The topological polar surface area (TPSA) is 26.3 Å². The van der Waals surface area contributed by atoms with Gasteiger partial charge in [-0.3, -0.25) is 0 Å². The summed E-state index contributed by atoms with van der Waals surface area (Å²) in [5, 5.41) is 0. The number of carbonyl (C=O) groups excluding carboxylic acids is 1. The van der Waals surface area contributed by atoms with Crippen molar-refractivity contribution in [1.82, 2.24) is 0 Å². The minimum Gasteiger partial charge on any atom is -0.423 e. The van der Waals surface area contributed by atoms with E-state index < -0.39 is 5.97 Å². The normalized spacial score (nSPS) is 9.88. The maximum Gasteiger partial charge on any atom is 0.335 e. The highest BCUT2D eigenvalue weighted by Crippen LogP contribution is 2.22. The molecule has 0 atom stereocenters. The molecule has 0 saturated heterocycles. The number of hydrogen-bond acceptors (Lipinski definition) is 2. The van der Waals surface area contributed by atoms with Crippen molar-refractivity contribution in [3.8, 4) is 5.75 Å². The summed E-state index contributed by atoms with van der Waals surface area (Å²) in [4.78, 5) is 11.2. The van der Waals surface area contributed by atoms with E-state index >= 15 is 0 Å². The second-order valence-electron chi connectivity index (χ2n) is 3.84. The summed E-state index contributed by atoms with van der Waals surface area (Å²) in [6.45, 7) is 7.57. The number of benzene rings is 1. The Bertz CT molecular complexity index is 380. The lowest BCUT2D eigenvalue weighted by Crippen LogP contribution is -2.05. The van der Waals surface area contributed by atoms with E-state index in [0.717, 1.165) is 24.8 Å². The van der Waals surface area contributed by atoms with E-state index in [1.807, 2.05) is 19.1 Å². The van der Waals surface area contributed by atoms with Crippen LogP contribution in [0.3, 0.4) is 0 Å². The number of hydrogen-bond donors (Lipinski definition) is 0. The van der Waals surface area contributed by atoms with Crippen LogP contribution in [0.4, 0.5) is 0 Å². The summed E-state index contributed by atoms with van der Waals surface area (Å²) in [6, 6.07) is 5.87. The van der Waals surface area contributed by atoms with Gasteiger partial charge in [0.05, 0.1) is 0 Å². The zero-order valence-electron chi connectivity index (χ0n) is 9.95. The first-order valence-electron chi connectivity index (χ1n) is 5.61. The summed E-state index contributed by atoms with van der Waals surface area (Å²) in [5.74, 6) is 0.255. The summed E-state index contributed by atoms with van der Waals surface area (Å²) < 4.78 is 5.19. The Morgan fingerprint density at radius 3 is 2.88 bits per heavy atom. The Morgan fingerprint density at radius 1 is 1.50 bits per heavy atom. The largest absolute Gasteiger partial charge is 0.423 e. The molecule has 0 aliphatic heterocycles. The van der Waals surface area contributed by atoms with Gasteiger partial charge in [-0.1, -0.05) is 37.6 Å². The van der Waals surface area contributed by atoms with Gasteiger partial charge in [0.15, 0.2) is 0 Å². The SMILES string of the molecule is C=CC(=O)Oc1ccc(C)cc1CCCC. The number of rotatable bonds is 5. The van der Waals surface area contributed by atoms with E-state index in [2.05, 4.69) is 19.6 Å². The fraction of sp³-hybridized carbons (Fsp3) is 0.357. The molecule has 0 radical (unpaired) electrons. The average molecular weight is 218 g/mol. The monoisotopic (exact) mass is 218 g/mol. The summed E-state index contributed by atoms with van der Waals surface area (Å²) >= 11 is 0. The molecule has 0 amide bonds. The van der Waals surface area contributed by atoms with Crippen molar-refractivity contribution in [2.75, 3.05) is 0 Å². The molecule has 0 N–H and O–H groups in total. The second-order valence-corrected chi connectivity index (χ2v) is 3.84. The fourth-order valence-corrected chi connectivity index (χ4v) is 1.52. The van der Waals surface area contributed by atoms with Crippen LogP contribution in [0.15, 0.2) is 30.9 Å². The molecule has 0 aromatic heterocycles. The van der Waals surface area contributed by atoms with E-state index in [1.54, 1.807) is 0 Å². The van der Waals surface area contributed by atoms with Gasteiger partial charge < -0.3 is 4.74 Å². The van der Waals surface area contributed by atoms with Crippen LogP contribution in [0.5, 0.6) is 5.75 Å². The highest BCUT2D eigenvalue weighted by atomic mass is 16.5. The van der Waals surface area contributed by atoms with Gasteiger partial charge in [-0.15, -0.1) is 0 Å². The number of esters is 1. The molecule has 2 heteroatoms. The molecular weight excluding hydrogens is 200 g/mol. The van der Waals surface area contributed by atoms with Crippen molar-refractivity contribution in [1.29, 1.82) is 0 Å². The Morgan fingerprint density at radius 2 is 2.25 bits per heavy atom. The van der Waals surface area contributed by atoms with Gasteiger partial charge in [0.1, 0.15) is 5.75 Å². The van der Waals surface area contributed by atoms with Crippen molar-refractivity contribution in [3.63, 3.8) is 0 Å². The predicted molar refractivity (Wildman–Crippen MR) is 65.6 cm³/mol. The minimum absolute atomic E-state index is 0.401. The Labute approximate surface area is 96.9 Å². The zero-order valence-corrected chi connectivity index (χ0v) is 9.95. The van der Waals surface area contributed by atoms with Crippen LogP contribution < -0.4 is 4.74 Å². The van der Waals surface area contributed by atoms with Crippen LogP contribution in [-0.2, 0) is 11.2 Å². The van der Waals surface area contributed by atoms with Gasteiger partial charge in [0.25, 0.3) is 0 Å². The molecule has 0 unspecified atom stereocenters. The Kier molecular flexibility index (Phi) is 4.77. The molecule has 0 aliphatic carbocycles. The first-order chi connectivity index (χ1) is 7.67. The first kappa shape index (κ1) is 12.5. The molecule has 86 valence electrons. The van der Waals surface area contributed by atoms with Gasteiger partial charge in [0, 0.05) is 6.08 Å². The molecule has 0 saturated carbocycles. The lowest BCUT2D eigenvalue weighted by molar-refractivity contribution is -0.129. The van der Waals surface area contributed by atoms with Crippen LogP contribution in [0, 0.1) is 6.92 Å². The van der Waals surface area contributed by atoms with Crippen LogP contribution in [-0.4, -0.2) is 5.97 Å². The molecule has 2 nitrogen and oxygen atoms in total. The van der Waals surface area contributed by atoms with Crippen LogP contribution in [0.1, 0.15) is 30.9 Å². The lowest BCUT2D eigenvalue weighted by Gasteiger charge is -2.09. The molecular formula is C14H18O2. The van der Waals surface area contributed by atoms with E-state index in [0.29, 0.717) is 5.75 Å². The maximum atomic E-state index is 11.2. The number of aryl methyl sites for hydroxylation is 2.